The summed E-state index contributed by atoms with van der Waals surface area (Å²) in [6, 6.07) is 66.3. The van der Waals surface area contributed by atoms with Crippen LogP contribution < -0.4 is 4.90 Å². The molecule has 0 aliphatic heterocycles. The molecule has 0 saturated carbocycles. The van der Waals surface area contributed by atoms with Crippen molar-refractivity contribution in [3.63, 3.8) is 0 Å². The molecule has 1 aromatic heterocycles. The van der Waals surface area contributed by atoms with E-state index in [2.05, 4.69) is 237 Å². The molecular formula is C51H36Br2N2. The molecule has 0 fully saturated rings. The van der Waals surface area contributed by atoms with Gasteiger partial charge in [0.2, 0.25) is 0 Å². The summed E-state index contributed by atoms with van der Waals surface area (Å²) in [5, 5.41) is 2.46. The van der Waals surface area contributed by atoms with E-state index in [9.17, 15) is 0 Å². The monoisotopic (exact) mass is 834 g/mol. The molecule has 0 radical (unpaired) electrons. The van der Waals surface area contributed by atoms with Crippen LogP contribution in [0.2, 0.25) is 0 Å². The van der Waals surface area contributed by atoms with Crippen LogP contribution >= 0.6 is 31.9 Å². The lowest BCUT2D eigenvalue weighted by atomic mass is 9.82. The number of anilines is 3. The molecular weight excluding hydrogens is 800 g/mol. The van der Waals surface area contributed by atoms with Gasteiger partial charge in [0, 0.05) is 42.2 Å². The Hall–Kier alpha value is -5.68. The number of nitrogens with zero attached hydrogens (tertiary/aromatic N) is 2. The molecule has 0 unspecified atom stereocenters. The Labute approximate surface area is 338 Å². The molecule has 55 heavy (non-hydrogen) atoms. The Balaban J connectivity index is 1.07. The van der Waals surface area contributed by atoms with Gasteiger partial charge in [-0.2, -0.15) is 0 Å². The minimum Gasteiger partial charge on any atom is -0.310 e. The molecule has 0 bridgehead atoms. The van der Waals surface area contributed by atoms with Gasteiger partial charge >= 0.3 is 0 Å². The smallest absolute Gasteiger partial charge is 0.0615 e. The predicted octanol–water partition coefficient (Wildman–Crippen LogP) is 15.4. The first-order chi connectivity index (χ1) is 26.8. The maximum atomic E-state index is 3.82. The number of aromatic nitrogens is 1. The van der Waals surface area contributed by atoms with Crippen LogP contribution in [0.1, 0.15) is 25.0 Å². The Morgan fingerprint density at radius 3 is 1.78 bits per heavy atom. The second-order valence-corrected chi connectivity index (χ2v) is 16.6. The Kier molecular flexibility index (Phi) is 8.16. The van der Waals surface area contributed by atoms with Gasteiger partial charge in [0.15, 0.2) is 0 Å². The van der Waals surface area contributed by atoms with E-state index in [1.807, 2.05) is 0 Å². The van der Waals surface area contributed by atoms with Crippen molar-refractivity contribution in [1.29, 1.82) is 0 Å². The van der Waals surface area contributed by atoms with Gasteiger partial charge in [0.05, 0.1) is 16.7 Å². The van der Waals surface area contributed by atoms with E-state index in [1.165, 1.54) is 66.3 Å². The van der Waals surface area contributed by atoms with E-state index in [1.54, 1.807) is 0 Å². The fourth-order valence-corrected chi connectivity index (χ4v) is 9.36. The molecule has 1 heterocycles. The number of benzene rings is 8. The molecule has 264 valence electrons. The topological polar surface area (TPSA) is 8.17 Å². The fourth-order valence-electron chi connectivity index (χ4n) is 8.58. The lowest BCUT2D eigenvalue weighted by Gasteiger charge is -2.28. The highest BCUT2D eigenvalue weighted by molar-refractivity contribution is 9.11. The molecule has 0 saturated heterocycles. The molecule has 0 atom stereocenters. The zero-order chi connectivity index (χ0) is 37.3. The van der Waals surface area contributed by atoms with E-state index in [0.29, 0.717) is 0 Å². The van der Waals surface area contributed by atoms with Crippen LogP contribution in [0.4, 0.5) is 17.1 Å². The molecule has 1 aliphatic carbocycles. The first-order valence-electron chi connectivity index (χ1n) is 18.6. The standard InChI is InChI=1S/C51H36Br2N2/c1-51(2)45-14-8-6-12-41(45)42-27-26-40(32-46(42)51)54(38-22-16-34(17-23-38)33-10-4-3-5-11-33)39-24-18-35(19-25-39)36-20-29-49-44(30-36)43-13-7-9-15-48(43)55(49)50-31-37(52)21-28-47(50)53/h3-32H,1-2H3. The zero-order valence-corrected chi connectivity index (χ0v) is 33.6. The van der Waals surface area contributed by atoms with Gasteiger partial charge in [0.25, 0.3) is 0 Å². The first-order valence-corrected chi connectivity index (χ1v) is 20.2. The lowest BCUT2D eigenvalue weighted by Crippen LogP contribution is -2.16. The summed E-state index contributed by atoms with van der Waals surface area (Å²) in [4.78, 5) is 2.39. The third-order valence-corrected chi connectivity index (χ3v) is 12.5. The van der Waals surface area contributed by atoms with Crippen molar-refractivity contribution < 1.29 is 0 Å². The molecule has 0 amide bonds. The minimum atomic E-state index is -0.0938. The SMILES string of the molecule is CC1(C)c2ccccc2-c2ccc(N(c3ccc(-c4ccccc4)cc3)c3ccc(-c4ccc5c(c4)c4ccccc4n5-c4cc(Br)ccc4Br)cc3)cc21. The molecule has 0 spiro atoms. The molecule has 0 N–H and O–H groups in total. The number of hydrogen-bond donors (Lipinski definition) is 0. The summed E-state index contributed by atoms with van der Waals surface area (Å²) in [7, 11) is 0. The van der Waals surface area contributed by atoms with Gasteiger partial charge in [-0.05, 0) is 133 Å². The minimum absolute atomic E-state index is 0.0938. The Morgan fingerprint density at radius 1 is 0.436 bits per heavy atom. The maximum Gasteiger partial charge on any atom is 0.0615 e. The van der Waals surface area contributed by atoms with Crippen molar-refractivity contribution >= 4 is 70.7 Å². The quantitative estimate of drug-likeness (QED) is 0.162. The van der Waals surface area contributed by atoms with Crippen molar-refractivity contribution in [2.24, 2.45) is 0 Å². The summed E-state index contributed by atoms with van der Waals surface area (Å²) >= 11 is 7.52. The Morgan fingerprint density at radius 2 is 1.02 bits per heavy atom. The molecule has 2 nitrogen and oxygen atoms in total. The second-order valence-electron chi connectivity index (χ2n) is 14.9. The highest BCUT2D eigenvalue weighted by Crippen LogP contribution is 2.51. The van der Waals surface area contributed by atoms with E-state index >= 15 is 0 Å². The number of halogens is 2. The lowest BCUT2D eigenvalue weighted by molar-refractivity contribution is 0.660. The van der Waals surface area contributed by atoms with Gasteiger partial charge in [-0.3, -0.25) is 0 Å². The van der Waals surface area contributed by atoms with Crippen LogP contribution in [0.15, 0.2) is 191 Å². The third-order valence-electron chi connectivity index (χ3n) is 11.3. The highest BCUT2D eigenvalue weighted by Gasteiger charge is 2.35. The van der Waals surface area contributed by atoms with Gasteiger partial charge in [-0.15, -0.1) is 0 Å². The van der Waals surface area contributed by atoms with Gasteiger partial charge in [0.1, 0.15) is 0 Å². The van der Waals surface area contributed by atoms with Crippen molar-refractivity contribution in [2.75, 3.05) is 4.90 Å². The fraction of sp³-hybridized carbons (Fsp3) is 0.0588. The number of hydrogen-bond acceptors (Lipinski definition) is 1. The molecule has 4 heteroatoms. The van der Waals surface area contributed by atoms with E-state index in [-0.39, 0.29) is 5.41 Å². The van der Waals surface area contributed by atoms with Gasteiger partial charge in [-0.25, -0.2) is 0 Å². The molecule has 10 rings (SSSR count). The molecule has 9 aromatic rings. The number of fused-ring (bicyclic) bond motifs is 6. The number of para-hydroxylation sites is 1. The van der Waals surface area contributed by atoms with E-state index in [0.717, 1.165) is 31.7 Å². The van der Waals surface area contributed by atoms with Crippen LogP contribution in [0.5, 0.6) is 0 Å². The summed E-state index contributed by atoms with van der Waals surface area (Å²) in [6.07, 6.45) is 0. The van der Waals surface area contributed by atoms with Crippen LogP contribution in [-0.2, 0) is 5.41 Å². The van der Waals surface area contributed by atoms with Crippen LogP contribution in [0, 0.1) is 0 Å². The van der Waals surface area contributed by atoms with E-state index in [4.69, 9.17) is 0 Å². The summed E-state index contributed by atoms with van der Waals surface area (Å²) in [5.74, 6) is 0. The second kappa shape index (κ2) is 13.3. The zero-order valence-electron chi connectivity index (χ0n) is 30.5. The average molecular weight is 837 g/mol. The normalized spacial score (nSPS) is 12.9. The summed E-state index contributed by atoms with van der Waals surface area (Å²) < 4.78 is 4.45. The van der Waals surface area contributed by atoms with Crippen molar-refractivity contribution in [3.8, 4) is 39.1 Å². The summed E-state index contributed by atoms with van der Waals surface area (Å²) in [5.41, 5.74) is 16.9. The highest BCUT2D eigenvalue weighted by atomic mass is 79.9. The predicted molar refractivity (Wildman–Crippen MR) is 239 cm³/mol. The van der Waals surface area contributed by atoms with Crippen LogP contribution in [-0.4, -0.2) is 4.57 Å². The third kappa shape index (κ3) is 5.66. The first kappa shape index (κ1) is 33.9. The van der Waals surface area contributed by atoms with Crippen molar-refractivity contribution in [3.05, 3.63) is 202 Å². The van der Waals surface area contributed by atoms with Crippen LogP contribution in [0.25, 0.3) is 60.9 Å². The maximum absolute atomic E-state index is 3.82. The molecule has 8 aromatic carbocycles. The summed E-state index contributed by atoms with van der Waals surface area (Å²) in [6.45, 7) is 4.70. The Bertz CT molecular complexity index is 2910. The van der Waals surface area contributed by atoms with Gasteiger partial charge < -0.3 is 9.47 Å². The average Bonchev–Trinajstić information content (AvgIpc) is 3.67. The molecule has 1 aliphatic rings. The largest absolute Gasteiger partial charge is 0.310 e. The van der Waals surface area contributed by atoms with E-state index < -0.39 is 0 Å². The van der Waals surface area contributed by atoms with Gasteiger partial charge in [-0.1, -0.05) is 139 Å². The van der Waals surface area contributed by atoms with Crippen LogP contribution in [0.3, 0.4) is 0 Å². The van der Waals surface area contributed by atoms with Crippen molar-refractivity contribution in [2.45, 2.75) is 19.3 Å². The van der Waals surface area contributed by atoms with Crippen molar-refractivity contribution in [1.82, 2.24) is 4.57 Å². The number of rotatable bonds is 6.